The van der Waals surface area contributed by atoms with Gasteiger partial charge in [0.15, 0.2) is 0 Å². The molecule has 4 nitrogen and oxygen atoms in total. The Morgan fingerprint density at radius 3 is 2.63 bits per heavy atom. The van der Waals surface area contributed by atoms with Gasteiger partial charge in [0, 0.05) is 13.1 Å². The fourth-order valence-electron chi connectivity index (χ4n) is 2.29. The molecule has 0 aliphatic heterocycles. The van der Waals surface area contributed by atoms with Crippen LogP contribution in [0.5, 0.6) is 0 Å². The first-order chi connectivity index (χ1) is 8.98. The van der Waals surface area contributed by atoms with Gasteiger partial charge in [-0.3, -0.25) is 0 Å². The zero-order chi connectivity index (χ0) is 13.9. The normalized spacial score (nSPS) is 16.6. The maximum Gasteiger partial charge on any atom is 0.315 e. The molecule has 0 heterocycles. The maximum atomic E-state index is 11.6. The lowest BCUT2D eigenvalue weighted by Gasteiger charge is -2.36. The molecule has 3 N–H and O–H groups in total. The highest BCUT2D eigenvalue weighted by molar-refractivity contribution is 5.74. The summed E-state index contributed by atoms with van der Waals surface area (Å²) in [6.45, 7) is 4.94. The lowest BCUT2D eigenvalue weighted by Crippen LogP contribution is -2.50. The third-order valence-corrected chi connectivity index (χ3v) is 3.80. The highest BCUT2D eigenvalue weighted by Crippen LogP contribution is 2.30. The summed E-state index contributed by atoms with van der Waals surface area (Å²) < 4.78 is 0. The van der Waals surface area contributed by atoms with Crippen LogP contribution in [0.1, 0.15) is 36.0 Å². The van der Waals surface area contributed by atoms with Crippen LogP contribution in [0.15, 0.2) is 18.2 Å². The molecule has 0 unspecified atom stereocenters. The van der Waals surface area contributed by atoms with Crippen molar-refractivity contribution < 1.29 is 9.90 Å². The summed E-state index contributed by atoms with van der Waals surface area (Å²) in [5.41, 5.74) is 2.84. The molecular formula is C15H22N2O2. The van der Waals surface area contributed by atoms with E-state index < -0.39 is 5.60 Å². The van der Waals surface area contributed by atoms with Gasteiger partial charge in [-0.15, -0.1) is 0 Å². The average molecular weight is 262 g/mol. The van der Waals surface area contributed by atoms with E-state index in [9.17, 15) is 9.90 Å². The van der Waals surface area contributed by atoms with Crippen molar-refractivity contribution in [2.45, 2.75) is 45.3 Å². The van der Waals surface area contributed by atoms with Crippen LogP contribution < -0.4 is 10.6 Å². The molecule has 2 amide bonds. The fourth-order valence-corrected chi connectivity index (χ4v) is 2.29. The molecule has 0 saturated heterocycles. The van der Waals surface area contributed by atoms with Gasteiger partial charge in [-0.2, -0.15) is 0 Å². The largest absolute Gasteiger partial charge is 0.388 e. The molecule has 0 spiro atoms. The molecule has 0 atom stereocenters. The molecular weight excluding hydrogens is 240 g/mol. The standard InChI is InChI=1S/C15H22N2O2/c1-11-4-5-13(12(2)8-11)9-16-14(18)17-10-15(19)6-3-7-15/h4-5,8,19H,3,6-7,9-10H2,1-2H3,(H2,16,17,18). The Morgan fingerprint density at radius 2 is 2.05 bits per heavy atom. The molecule has 2 rings (SSSR count). The van der Waals surface area contributed by atoms with Crippen molar-refractivity contribution in [3.63, 3.8) is 0 Å². The van der Waals surface area contributed by atoms with Crippen molar-refractivity contribution in [2.75, 3.05) is 6.54 Å². The van der Waals surface area contributed by atoms with Crippen LogP contribution in [0, 0.1) is 13.8 Å². The van der Waals surface area contributed by atoms with Crippen LogP contribution in [-0.2, 0) is 6.54 Å². The minimum Gasteiger partial charge on any atom is -0.388 e. The average Bonchev–Trinajstić information content (AvgIpc) is 2.33. The third-order valence-electron chi connectivity index (χ3n) is 3.80. The molecule has 1 aliphatic rings. The summed E-state index contributed by atoms with van der Waals surface area (Å²) in [4.78, 5) is 11.6. The Morgan fingerprint density at radius 1 is 1.32 bits per heavy atom. The van der Waals surface area contributed by atoms with Crippen LogP contribution in [0.4, 0.5) is 4.79 Å². The topological polar surface area (TPSA) is 61.4 Å². The highest BCUT2D eigenvalue weighted by atomic mass is 16.3. The summed E-state index contributed by atoms with van der Waals surface area (Å²) in [6.07, 6.45) is 2.61. The number of aryl methyl sites for hydroxylation is 2. The molecule has 0 aromatic heterocycles. The summed E-state index contributed by atoms with van der Waals surface area (Å²) in [5.74, 6) is 0. The number of hydrogen-bond donors (Lipinski definition) is 3. The fraction of sp³-hybridized carbons (Fsp3) is 0.533. The predicted octanol–water partition coefficient (Wildman–Crippen LogP) is 2.02. The van der Waals surface area contributed by atoms with Gasteiger partial charge in [-0.1, -0.05) is 23.8 Å². The summed E-state index contributed by atoms with van der Waals surface area (Å²) >= 11 is 0. The van der Waals surface area contributed by atoms with Crippen LogP contribution in [0.2, 0.25) is 0 Å². The van der Waals surface area contributed by atoms with Crippen LogP contribution in [0.3, 0.4) is 0 Å². The van der Waals surface area contributed by atoms with Crippen molar-refractivity contribution in [3.8, 4) is 0 Å². The van der Waals surface area contributed by atoms with Gasteiger partial charge in [0.05, 0.1) is 5.60 Å². The molecule has 4 heteroatoms. The third kappa shape index (κ3) is 3.70. The summed E-state index contributed by atoms with van der Waals surface area (Å²) in [5, 5.41) is 15.4. The molecule has 0 radical (unpaired) electrons. The lowest BCUT2D eigenvalue weighted by atomic mass is 9.80. The van der Waals surface area contributed by atoms with E-state index >= 15 is 0 Å². The van der Waals surface area contributed by atoms with E-state index in [-0.39, 0.29) is 6.03 Å². The van der Waals surface area contributed by atoms with Gasteiger partial charge in [-0.25, -0.2) is 4.79 Å². The Labute approximate surface area is 114 Å². The van der Waals surface area contributed by atoms with Crippen LogP contribution in [-0.4, -0.2) is 23.3 Å². The van der Waals surface area contributed by atoms with Crippen LogP contribution in [0.25, 0.3) is 0 Å². The monoisotopic (exact) mass is 262 g/mol. The van der Waals surface area contributed by atoms with E-state index in [0.717, 1.165) is 24.8 Å². The first-order valence-electron chi connectivity index (χ1n) is 6.79. The second-order valence-electron chi connectivity index (χ2n) is 5.54. The van der Waals surface area contributed by atoms with Crippen molar-refractivity contribution in [2.24, 2.45) is 0 Å². The number of hydrogen-bond acceptors (Lipinski definition) is 2. The SMILES string of the molecule is Cc1ccc(CNC(=O)NCC2(O)CCC2)c(C)c1. The number of benzene rings is 1. The van der Waals surface area contributed by atoms with E-state index in [0.29, 0.717) is 13.1 Å². The van der Waals surface area contributed by atoms with E-state index in [1.54, 1.807) is 0 Å². The Hall–Kier alpha value is -1.55. The molecule has 1 fully saturated rings. The van der Waals surface area contributed by atoms with Gasteiger partial charge in [0.25, 0.3) is 0 Å². The van der Waals surface area contributed by atoms with E-state index in [4.69, 9.17) is 0 Å². The molecule has 104 valence electrons. The lowest BCUT2D eigenvalue weighted by molar-refractivity contribution is -0.0290. The predicted molar refractivity (Wildman–Crippen MR) is 75.0 cm³/mol. The molecule has 19 heavy (non-hydrogen) atoms. The first-order valence-corrected chi connectivity index (χ1v) is 6.79. The summed E-state index contributed by atoms with van der Waals surface area (Å²) in [7, 11) is 0. The van der Waals surface area contributed by atoms with Crippen molar-refractivity contribution in [3.05, 3.63) is 34.9 Å². The van der Waals surface area contributed by atoms with Crippen molar-refractivity contribution in [1.82, 2.24) is 10.6 Å². The van der Waals surface area contributed by atoms with Crippen molar-refractivity contribution in [1.29, 1.82) is 0 Å². The smallest absolute Gasteiger partial charge is 0.315 e. The molecule has 1 saturated carbocycles. The first kappa shape index (κ1) is 13.9. The highest BCUT2D eigenvalue weighted by Gasteiger charge is 2.34. The molecule has 1 aromatic carbocycles. The zero-order valence-electron chi connectivity index (χ0n) is 11.6. The number of amides is 2. The van der Waals surface area contributed by atoms with Gasteiger partial charge in [0.1, 0.15) is 0 Å². The Bertz CT molecular complexity index is 467. The number of aliphatic hydroxyl groups is 1. The molecule has 1 aromatic rings. The van der Waals surface area contributed by atoms with Crippen molar-refractivity contribution >= 4 is 6.03 Å². The molecule has 1 aliphatic carbocycles. The van der Waals surface area contributed by atoms with Gasteiger partial charge in [0.2, 0.25) is 0 Å². The van der Waals surface area contributed by atoms with E-state index in [2.05, 4.69) is 23.6 Å². The maximum absolute atomic E-state index is 11.6. The quantitative estimate of drug-likeness (QED) is 0.777. The number of carbonyl (C=O) groups excluding carboxylic acids is 1. The number of urea groups is 1. The van der Waals surface area contributed by atoms with E-state index in [1.807, 2.05) is 19.1 Å². The number of nitrogens with one attached hydrogen (secondary N) is 2. The number of carbonyl (C=O) groups is 1. The van der Waals surface area contributed by atoms with E-state index in [1.165, 1.54) is 11.1 Å². The summed E-state index contributed by atoms with van der Waals surface area (Å²) in [6, 6.07) is 5.95. The Balaban J connectivity index is 1.76. The Kier molecular flexibility index (Phi) is 4.10. The van der Waals surface area contributed by atoms with Gasteiger partial charge >= 0.3 is 6.03 Å². The van der Waals surface area contributed by atoms with Crippen LogP contribution >= 0.6 is 0 Å². The second-order valence-corrected chi connectivity index (χ2v) is 5.54. The zero-order valence-corrected chi connectivity index (χ0v) is 11.6. The molecule has 0 bridgehead atoms. The second kappa shape index (κ2) is 5.61. The minimum absolute atomic E-state index is 0.222. The minimum atomic E-state index is -0.670. The number of rotatable bonds is 4. The van der Waals surface area contributed by atoms with Gasteiger partial charge in [-0.05, 0) is 44.2 Å². The van der Waals surface area contributed by atoms with Gasteiger partial charge < -0.3 is 15.7 Å².